The molecular formula is C10H18N4O2-2. The first-order chi connectivity index (χ1) is 7.69. The van der Waals surface area contributed by atoms with E-state index in [2.05, 4.69) is 0 Å². The Hall–Kier alpha value is -1.32. The summed E-state index contributed by atoms with van der Waals surface area (Å²) in [6.45, 7) is 1.74. The monoisotopic (exact) mass is 226 g/mol. The van der Waals surface area contributed by atoms with Crippen LogP contribution in [0.3, 0.4) is 0 Å². The summed E-state index contributed by atoms with van der Waals surface area (Å²) < 4.78 is 0. The molecule has 4 N–H and O–H groups in total. The van der Waals surface area contributed by atoms with Crippen LogP contribution >= 0.6 is 0 Å². The third-order valence-corrected chi connectivity index (χ3v) is 2.63. The van der Waals surface area contributed by atoms with Crippen LogP contribution in [0.5, 0.6) is 0 Å². The molecule has 0 spiro atoms. The van der Waals surface area contributed by atoms with Gasteiger partial charge in [-0.3, -0.25) is 9.59 Å². The fraction of sp³-hybridized carbons (Fsp3) is 0.800. The summed E-state index contributed by atoms with van der Waals surface area (Å²) in [6.07, 6.45) is 6.22. The fourth-order valence-electron chi connectivity index (χ4n) is 1.70. The molecule has 0 saturated heterocycles. The highest BCUT2D eigenvalue weighted by molar-refractivity contribution is 5.37. The van der Waals surface area contributed by atoms with Gasteiger partial charge < -0.3 is 22.3 Å². The minimum Gasteiger partial charge on any atom is -0.724 e. The summed E-state index contributed by atoms with van der Waals surface area (Å²) in [4.78, 5) is 16.5. The van der Waals surface area contributed by atoms with Crippen molar-refractivity contribution in [1.82, 2.24) is 0 Å². The maximum atomic E-state index is 8.24. The Morgan fingerprint density at radius 3 is 1.19 bits per heavy atom. The highest BCUT2D eigenvalue weighted by Gasteiger charge is 2.18. The van der Waals surface area contributed by atoms with Crippen LogP contribution in [0.1, 0.15) is 25.7 Å². The maximum Gasteiger partial charge on any atom is -0.00489 e. The third kappa shape index (κ3) is 10.8. The second-order valence-electron chi connectivity index (χ2n) is 3.54. The van der Waals surface area contributed by atoms with E-state index in [9.17, 15) is 0 Å². The SMILES string of the molecule is NCC1CCC(CN)CC1.[N-]=C=O.[N-]=C=O. The number of carbonyl (C=O) groups excluding carboxylic acids is 2. The molecule has 0 heterocycles. The van der Waals surface area contributed by atoms with Crippen LogP contribution in [-0.4, -0.2) is 25.2 Å². The molecule has 16 heavy (non-hydrogen) atoms. The number of isocyanates is 2. The molecule has 0 aromatic rings. The smallest absolute Gasteiger partial charge is 0.00489 e. The topological polar surface area (TPSA) is 131 Å². The van der Waals surface area contributed by atoms with Gasteiger partial charge in [0.25, 0.3) is 0 Å². The number of hydrogen-bond acceptors (Lipinski definition) is 4. The molecule has 6 nitrogen and oxygen atoms in total. The first-order valence-corrected chi connectivity index (χ1v) is 5.12. The lowest BCUT2D eigenvalue weighted by Gasteiger charge is -2.26. The largest absolute Gasteiger partial charge is 0.724 e. The molecule has 0 aliphatic heterocycles. The Morgan fingerprint density at radius 1 is 0.875 bits per heavy atom. The molecule has 1 saturated carbocycles. The molecule has 0 unspecified atom stereocenters. The Morgan fingerprint density at radius 2 is 1.06 bits per heavy atom. The van der Waals surface area contributed by atoms with Crippen LogP contribution in [-0.2, 0) is 9.59 Å². The molecule has 1 fully saturated rings. The zero-order valence-corrected chi connectivity index (χ0v) is 9.26. The van der Waals surface area contributed by atoms with E-state index >= 15 is 0 Å². The van der Waals surface area contributed by atoms with Gasteiger partial charge in [0.1, 0.15) is 0 Å². The first kappa shape index (κ1) is 17.1. The van der Waals surface area contributed by atoms with Crippen LogP contribution in [0.4, 0.5) is 0 Å². The predicted molar refractivity (Wildman–Crippen MR) is 61.7 cm³/mol. The summed E-state index contributed by atoms with van der Waals surface area (Å²) >= 11 is 0. The molecule has 92 valence electrons. The number of nitrogens with two attached hydrogens (primary N) is 2. The second kappa shape index (κ2) is 13.7. The fourth-order valence-corrected chi connectivity index (χ4v) is 1.70. The summed E-state index contributed by atoms with van der Waals surface area (Å²) in [5.41, 5.74) is 11.1. The van der Waals surface area contributed by atoms with Crippen LogP contribution < -0.4 is 11.5 Å². The number of nitrogens with zero attached hydrogens (tertiary/aromatic N) is 2. The van der Waals surface area contributed by atoms with Crippen molar-refractivity contribution in [2.75, 3.05) is 13.1 Å². The van der Waals surface area contributed by atoms with Crippen molar-refractivity contribution < 1.29 is 9.59 Å². The Bertz CT molecular complexity index is 189. The summed E-state index contributed by atoms with van der Waals surface area (Å²) in [5.74, 6) is 1.59. The molecule has 1 rings (SSSR count). The minimum absolute atomic E-state index is 0.500. The number of hydrogen-bond donors (Lipinski definition) is 2. The summed E-state index contributed by atoms with van der Waals surface area (Å²) in [6, 6.07) is 0. The minimum atomic E-state index is 0.500. The zero-order valence-electron chi connectivity index (χ0n) is 9.26. The van der Waals surface area contributed by atoms with E-state index in [-0.39, 0.29) is 0 Å². The van der Waals surface area contributed by atoms with Crippen molar-refractivity contribution in [3.63, 3.8) is 0 Å². The quantitative estimate of drug-likeness (QED) is 0.524. The van der Waals surface area contributed by atoms with E-state index in [0.29, 0.717) is 12.2 Å². The van der Waals surface area contributed by atoms with E-state index in [1.165, 1.54) is 25.7 Å². The number of rotatable bonds is 2. The van der Waals surface area contributed by atoms with Gasteiger partial charge in [0, 0.05) is 0 Å². The van der Waals surface area contributed by atoms with Crippen molar-refractivity contribution >= 4 is 12.2 Å². The van der Waals surface area contributed by atoms with Gasteiger partial charge in [-0.15, -0.1) is 0 Å². The van der Waals surface area contributed by atoms with E-state index in [1.54, 1.807) is 0 Å². The predicted octanol–water partition coefficient (Wildman–Crippen LogP) is 0.493. The van der Waals surface area contributed by atoms with E-state index in [4.69, 9.17) is 31.9 Å². The molecule has 0 atom stereocenters. The molecule has 1 aliphatic carbocycles. The Kier molecular flexibility index (Phi) is 14.6. The average Bonchev–Trinajstić information content (AvgIpc) is 2.31. The van der Waals surface area contributed by atoms with Crippen molar-refractivity contribution in [2.45, 2.75) is 25.7 Å². The normalized spacial score (nSPS) is 22.4. The maximum absolute atomic E-state index is 8.24. The zero-order chi connectivity index (χ0) is 12.8. The van der Waals surface area contributed by atoms with Gasteiger partial charge in [0.2, 0.25) is 0 Å². The molecule has 0 aromatic carbocycles. The Labute approximate surface area is 95.4 Å². The molecule has 0 aromatic heterocycles. The van der Waals surface area contributed by atoms with Gasteiger partial charge in [0.05, 0.1) is 0 Å². The highest BCUT2D eigenvalue weighted by Crippen LogP contribution is 2.26. The molecule has 0 bridgehead atoms. The van der Waals surface area contributed by atoms with Crippen LogP contribution in [0, 0.1) is 11.8 Å². The molecule has 1 aliphatic rings. The van der Waals surface area contributed by atoms with Crippen molar-refractivity contribution in [3.8, 4) is 0 Å². The van der Waals surface area contributed by atoms with Gasteiger partial charge in [-0.1, -0.05) is 0 Å². The van der Waals surface area contributed by atoms with Crippen LogP contribution in [0.25, 0.3) is 10.8 Å². The van der Waals surface area contributed by atoms with Crippen LogP contribution in [0.15, 0.2) is 0 Å². The highest BCUT2D eigenvalue weighted by atomic mass is 16.1. The summed E-state index contributed by atoms with van der Waals surface area (Å²) in [5, 5.41) is 13.5. The lowest BCUT2D eigenvalue weighted by atomic mass is 9.82. The van der Waals surface area contributed by atoms with E-state index < -0.39 is 0 Å². The van der Waals surface area contributed by atoms with Gasteiger partial charge in [-0.2, -0.15) is 0 Å². The average molecular weight is 226 g/mol. The van der Waals surface area contributed by atoms with E-state index in [0.717, 1.165) is 24.9 Å². The lowest BCUT2D eigenvalue weighted by molar-refractivity contribution is 0.285. The van der Waals surface area contributed by atoms with Gasteiger partial charge in [0.15, 0.2) is 0 Å². The molecule has 6 heteroatoms. The lowest BCUT2D eigenvalue weighted by Crippen LogP contribution is -2.25. The second-order valence-corrected chi connectivity index (χ2v) is 3.54. The van der Waals surface area contributed by atoms with E-state index in [1.807, 2.05) is 0 Å². The van der Waals surface area contributed by atoms with Crippen molar-refractivity contribution in [3.05, 3.63) is 10.8 Å². The summed E-state index contributed by atoms with van der Waals surface area (Å²) in [7, 11) is 0. The molecule has 0 radical (unpaired) electrons. The first-order valence-electron chi connectivity index (χ1n) is 5.12. The van der Waals surface area contributed by atoms with Gasteiger partial charge >= 0.3 is 0 Å². The molecule has 0 amide bonds. The van der Waals surface area contributed by atoms with Gasteiger partial charge in [-0.25, -0.2) is 0 Å². The van der Waals surface area contributed by atoms with Crippen LogP contribution in [0.2, 0.25) is 0 Å². The Balaban J connectivity index is 0. The standard InChI is InChI=1S/C8H18N2.2CNO/c9-5-7-1-2-8(6-10)4-3-7;2*2-1-3/h7-8H,1-6,9-10H2;;/q;2*-1. The van der Waals surface area contributed by atoms with Crippen molar-refractivity contribution in [2.24, 2.45) is 23.3 Å². The van der Waals surface area contributed by atoms with Crippen molar-refractivity contribution in [1.29, 1.82) is 0 Å². The molecular weight excluding hydrogens is 208 g/mol. The third-order valence-electron chi connectivity index (χ3n) is 2.63. The van der Waals surface area contributed by atoms with Gasteiger partial charge in [-0.05, 0) is 62.8 Å².